The van der Waals surface area contributed by atoms with Crippen molar-refractivity contribution in [3.63, 3.8) is 0 Å². The Labute approximate surface area is 126 Å². The SMILES string of the molecule is Cc1cc(S(=O)(=O)NCC(C2CC2)C2CC2)ccc1C#N. The third-order valence-corrected chi connectivity index (χ3v) is 6.01. The molecule has 0 amide bonds. The molecule has 4 nitrogen and oxygen atoms in total. The predicted molar refractivity (Wildman–Crippen MR) is 80.0 cm³/mol. The molecule has 0 heterocycles. The molecule has 0 radical (unpaired) electrons. The number of aryl methyl sites for hydroxylation is 1. The normalized spacial score (nSPS) is 18.7. The zero-order chi connectivity index (χ0) is 15.0. The van der Waals surface area contributed by atoms with E-state index < -0.39 is 10.0 Å². The van der Waals surface area contributed by atoms with E-state index in [1.54, 1.807) is 19.1 Å². The van der Waals surface area contributed by atoms with Gasteiger partial charge in [0.15, 0.2) is 0 Å². The zero-order valence-corrected chi connectivity index (χ0v) is 13.0. The van der Waals surface area contributed by atoms with Gasteiger partial charge in [0.25, 0.3) is 0 Å². The molecule has 2 fully saturated rings. The summed E-state index contributed by atoms with van der Waals surface area (Å²) in [6.07, 6.45) is 5.00. The molecule has 0 bridgehead atoms. The van der Waals surface area contributed by atoms with Crippen LogP contribution in [0, 0.1) is 36.0 Å². The third kappa shape index (κ3) is 3.28. The molecule has 0 spiro atoms. The van der Waals surface area contributed by atoms with E-state index in [4.69, 9.17) is 5.26 Å². The molecule has 3 rings (SSSR count). The molecule has 0 saturated heterocycles. The molecule has 0 unspecified atom stereocenters. The summed E-state index contributed by atoms with van der Waals surface area (Å²) in [6, 6.07) is 6.71. The average Bonchev–Trinajstić information content (AvgIpc) is 3.32. The van der Waals surface area contributed by atoms with Crippen LogP contribution in [0.15, 0.2) is 23.1 Å². The van der Waals surface area contributed by atoms with E-state index in [-0.39, 0.29) is 4.90 Å². The molecule has 112 valence electrons. The average molecular weight is 304 g/mol. The van der Waals surface area contributed by atoms with Gasteiger partial charge in [0.05, 0.1) is 16.5 Å². The molecule has 0 atom stereocenters. The quantitative estimate of drug-likeness (QED) is 0.878. The van der Waals surface area contributed by atoms with Crippen LogP contribution in [0.1, 0.15) is 36.8 Å². The fraction of sp³-hybridized carbons (Fsp3) is 0.562. The van der Waals surface area contributed by atoms with Crippen molar-refractivity contribution < 1.29 is 8.42 Å². The van der Waals surface area contributed by atoms with Crippen molar-refractivity contribution in [1.82, 2.24) is 4.72 Å². The molecule has 1 aromatic rings. The fourth-order valence-corrected chi connectivity index (χ4v) is 4.14. The number of nitriles is 1. The van der Waals surface area contributed by atoms with Gasteiger partial charge in [-0.1, -0.05) is 0 Å². The fourth-order valence-electron chi connectivity index (χ4n) is 2.99. The molecule has 1 aromatic carbocycles. The van der Waals surface area contributed by atoms with E-state index in [9.17, 15) is 8.42 Å². The van der Waals surface area contributed by atoms with Crippen LogP contribution in [0.25, 0.3) is 0 Å². The number of rotatable bonds is 6. The minimum Gasteiger partial charge on any atom is -0.211 e. The van der Waals surface area contributed by atoms with Gasteiger partial charge < -0.3 is 0 Å². The van der Waals surface area contributed by atoms with E-state index in [0.717, 1.165) is 11.8 Å². The van der Waals surface area contributed by atoms with E-state index in [0.29, 0.717) is 23.6 Å². The van der Waals surface area contributed by atoms with Crippen LogP contribution in [0.4, 0.5) is 0 Å². The van der Waals surface area contributed by atoms with Gasteiger partial charge in [-0.3, -0.25) is 0 Å². The Bertz CT molecular complexity index is 671. The molecule has 1 N–H and O–H groups in total. The Morgan fingerprint density at radius 2 is 1.90 bits per heavy atom. The summed E-state index contributed by atoms with van der Waals surface area (Å²) < 4.78 is 27.5. The van der Waals surface area contributed by atoms with Gasteiger partial charge in [0.2, 0.25) is 10.0 Å². The Morgan fingerprint density at radius 3 is 2.38 bits per heavy atom. The highest BCUT2D eigenvalue weighted by Gasteiger charge is 2.41. The summed E-state index contributed by atoms with van der Waals surface area (Å²) in [5.41, 5.74) is 1.21. The second kappa shape index (κ2) is 5.43. The van der Waals surface area contributed by atoms with Crippen molar-refractivity contribution >= 4 is 10.0 Å². The largest absolute Gasteiger partial charge is 0.240 e. The van der Waals surface area contributed by atoms with Crippen LogP contribution >= 0.6 is 0 Å². The van der Waals surface area contributed by atoms with Crippen LogP contribution in [0.3, 0.4) is 0 Å². The Kier molecular flexibility index (Phi) is 3.76. The monoisotopic (exact) mass is 304 g/mol. The Balaban J connectivity index is 1.71. The maximum absolute atomic E-state index is 12.4. The summed E-state index contributed by atoms with van der Waals surface area (Å²) in [5.74, 6) is 1.96. The highest BCUT2D eigenvalue weighted by molar-refractivity contribution is 7.89. The number of sulfonamides is 1. The van der Waals surface area contributed by atoms with E-state index in [2.05, 4.69) is 10.8 Å². The highest BCUT2D eigenvalue weighted by atomic mass is 32.2. The predicted octanol–water partition coefficient (Wildman–Crippen LogP) is 2.58. The van der Waals surface area contributed by atoms with Gasteiger partial charge in [-0.2, -0.15) is 5.26 Å². The van der Waals surface area contributed by atoms with Crippen LogP contribution in [-0.4, -0.2) is 15.0 Å². The van der Waals surface area contributed by atoms with Crippen LogP contribution < -0.4 is 4.72 Å². The van der Waals surface area contributed by atoms with Crippen LogP contribution in [-0.2, 0) is 10.0 Å². The number of benzene rings is 1. The summed E-state index contributed by atoms with van der Waals surface area (Å²) in [7, 11) is -3.47. The van der Waals surface area contributed by atoms with Gasteiger partial charge >= 0.3 is 0 Å². The molecule has 2 aliphatic carbocycles. The molecule has 2 saturated carbocycles. The molecule has 0 aliphatic heterocycles. The van der Waals surface area contributed by atoms with Crippen LogP contribution in [0.2, 0.25) is 0 Å². The number of hydrogen-bond acceptors (Lipinski definition) is 3. The lowest BCUT2D eigenvalue weighted by Gasteiger charge is -2.16. The zero-order valence-electron chi connectivity index (χ0n) is 12.2. The molecular formula is C16H20N2O2S. The first-order valence-corrected chi connectivity index (χ1v) is 9.00. The van der Waals surface area contributed by atoms with Crippen molar-refractivity contribution in [1.29, 1.82) is 5.26 Å². The molecule has 21 heavy (non-hydrogen) atoms. The molecule has 2 aliphatic rings. The molecule has 5 heteroatoms. The first-order chi connectivity index (χ1) is 10.0. The summed E-state index contributed by atoms with van der Waals surface area (Å²) in [4.78, 5) is 0.254. The van der Waals surface area contributed by atoms with Gasteiger partial charge in [0.1, 0.15) is 0 Å². The number of nitrogens with one attached hydrogen (secondary N) is 1. The summed E-state index contributed by atoms with van der Waals surface area (Å²) in [6.45, 7) is 2.31. The first kappa shape index (κ1) is 14.6. The van der Waals surface area contributed by atoms with Gasteiger partial charge in [0, 0.05) is 6.54 Å². The first-order valence-electron chi connectivity index (χ1n) is 7.51. The molecule has 0 aromatic heterocycles. The standard InChI is InChI=1S/C16H20N2O2S/c1-11-8-15(7-6-14(11)9-17)21(19,20)18-10-16(12-2-3-12)13-4-5-13/h6-8,12-13,16,18H,2-5,10H2,1H3. The van der Waals surface area contributed by atoms with E-state index in [1.165, 1.54) is 31.7 Å². The lowest BCUT2D eigenvalue weighted by Crippen LogP contribution is -2.31. The second-order valence-electron chi connectivity index (χ2n) is 6.28. The second-order valence-corrected chi connectivity index (χ2v) is 8.05. The lowest BCUT2D eigenvalue weighted by atomic mass is 9.99. The van der Waals surface area contributed by atoms with Crippen LogP contribution in [0.5, 0.6) is 0 Å². The lowest BCUT2D eigenvalue weighted by molar-refractivity contribution is 0.401. The topological polar surface area (TPSA) is 70.0 Å². The van der Waals surface area contributed by atoms with Gasteiger partial charge in [-0.25, -0.2) is 13.1 Å². The van der Waals surface area contributed by atoms with E-state index >= 15 is 0 Å². The minimum atomic E-state index is -3.47. The number of nitrogens with zero attached hydrogens (tertiary/aromatic N) is 1. The van der Waals surface area contributed by atoms with Crippen molar-refractivity contribution in [3.05, 3.63) is 29.3 Å². The third-order valence-electron chi connectivity index (χ3n) is 4.59. The Hall–Kier alpha value is -1.38. The maximum atomic E-state index is 12.4. The smallest absolute Gasteiger partial charge is 0.211 e. The van der Waals surface area contributed by atoms with Gasteiger partial charge in [-0.05, 0) is 74.1 Å². The van der Waals surface area contributed by atoms with Gasteiger partial charge in [-0.15, -0.1) is 0 Å². The molecular weight excluding hydrogens is 284 g/mol. The highest BCUT2D eigenvalue weighted by Crippen LogP contribution is 2.48. The minimum absolute atomic E-state index is 0.254. The Morgan fingerprint density at radius 1 is 1.29 bits per heavy atom. The number of hydrogen-bond donors (Lipinski definition) is 1. The van der Waals surface area contributed by atoms with Crippen molar-refractivity contribution in [2.75, 3.05) is 6.54 Å². The summed E-state index contributed by atoms with van der Waals surface area (Å²) in [5, 5.41) is 8.91. The van der Waals surface area contributed by atoms with E-state index in [1.807, 2.05) is 0 Å². The summed E-state index contributed by atoms with van der Waals surface area (Å²) >= 11 is 0. The van der Waals surface area contributed by atoms with Crippen molar-refractivity contribution in [3.8, 4) is 6.07 Å². The van der Waals surface area contributed by atoms with Crippen molar-refractivity contribution in [2.24, 2.45) is 17.8 Å². The maximum Gasteiger partial charge on any atom is 0.240 e. The van der Waals surface area contributed by atoms with Crippen molar-refractivity contribution in [2.45, 2.75) is 37.5 Å².